The summed E-state index contributed by atoms with van der Waals surface area (Å²) in [7, 11) is 0. The molecule has 132 valence electrons. The first-order valence-electron chi connectivity index (χ1n) is 9.20. The van der Waals surface area contributed by atoms with E-state index in [0.29, 0.717) is 0 Å². The van der Waals surface area contributed by atoms with Crippen LogP contribution in [-0.2, 0) is 19.3 Å². The Morgan fingerprint density at radius 1 is 0.444 bits per heavy atom. The van der Waals surface area contributed by atoms with Crippen LogP contribution in [-0.4, -0.2) is 15.4 Å². The third kappa shape index (κ3) is 4.45. The van der Waals surface area contributed by atoms with Gasteiger partial charge in [0.25, 0.3) is 0 Å². The lowest BCUT2D eigenvalue weighted by atomic mass is 9.95. The maximum Gasteiger partial charge on any atom is 0.0746 e. The van der Waals surface area contributed by atoms with Gasteiger partial charge < -0.3 is 0 Å². The Morgan fingerprint density at radius 2 is 0.815 bits per heavy atom. The molecular formula is C24H21N3. The normalized spacial score (nSPS) is 10.7. The van der Waals surface area contributed by atoms with Crippen molar-refractivity contribution in [2.24, 2.45) is 0 Å². The SMILES string of the molecule is c1ccc(Cc2nnnc(Cc3ccccc3)c2Cc2ccccc2)cc1. The second kappa shape index (κ2) is 8.37. The van der Waals surface area contributed by atoms with Gasteiger partial charge in [-0.05, 0) is 21.9 Å². The van der Waals surface area contributed by atoms with Gasteiger partial charge in [0.1, 0.15) is 0 Å². The summed E-state index contributed by atoms with van der Waals surface area (Å²) < 4.78 is 0. The van der Waals surface area contributed by atoms with Gasteiger partial charge in [-0.1, -0.05) is 91.0 Å². The molecule has 1 aromatic heterocycles. The van der Waals surface area contributed by atoms with Crippen molar-refractivity contribution < 1.29 is 0 Å². The van der Waals surface area contributed by atoms with E-state index < -0.39 is 0 Å². The third-order valence-corrected chi connectivity index (χ3v) is 4.68. The van der Waals surface area contributed by atoms with E-state index in [1.807, 2.05) is 18.2 Å². The Hall–Kier alpha value is -3.33. The molecule has 0 atom stereocenters. The molecule has 4 rings (SSSR count). The highest BCUT2D eigenvalue weighted by Crippen LogP contribution is 2.20. The molecule has 3 aromatic carbocycles. The van der Waals surface area contributed by atoms with Crippen molar-refractivity contribution in [3.8, 4) is 0 Å². The van der Waals surface area contributed by atoms with Gasteiger partial charge in [-0.25, -0.2) is 0 Å². The molecule has 0 radical (unpaired) electrons. The average molecular weight is 351 g/mol. The van der Waals surface area contributed by atoms with Crippen LogP contribution in [0.3, 0.4) is 0 Å². The molecule has 27 heavy (non-hydrogen) atoms. The number of nitrogens with zero attached hydrogens (tertiary/aromatic N) is 3. The summed E-state index contributed by atoms with van der Waals surface area (Å²) in [6, 6.07) is 31.3. The lowest BCUT2D eigenvalue weighted by Gasteiger charge is -2.13. The second-order valence-corrected chi connectivity index (χ2v) is 6.65. The van der Waals surface area contributed by atoms with E-state index in [1.165, 1.54) is 22.3 Å². The van der Waals surface area contributed by atoms with E-state index in [2.05, 4.69) is 88.2 Å². The highest BCUT2D eigenvalue weighted by atomic mass is 15.3. The zero-order chi connectivity index (χ0) is 18.3. The maximum atomic E-state index is 4.41. The fourth-order valence-electron chi connectivity index (χ4n) is 3.28. The molecule has 0 amide bonds. The van der Waals surface area contributed by atoms with Gasteiger partial charge in [-0.3, -0.25) is 0 Å². The molecule has 1 heterocycles. The summed E-state index contributed by atoms with van der Waals surface area (Å²) in [5, 5.41) is 12.9. The van der Waals surface area contributed by atoms with Crippen LogP contribution in [0, 0.1) is 0 Å². The fraction of sp³-hybridized carbons (Fsp3) is 0.125. The fourth-order valence-corrected chi connectivity index (χ4v) is 3.28. The Morgan fingerprint density at radius 3 is 1.22 bits per heavy atom. The number of hydrogen-bond acceptors (Lipinski definition) is 3. The summed E-state index contributed by atoms with van der Waals surface area (Å²) in [6.07, 6.45) is 2.34. The van der Waals surface area contributed by atoms with Crippen molar-refractivity contribution in [3.05, 3.63) is 125 Å². The smallest absolute Gasteiger partial charge is 0.0746 e. The zero-order valence-electron chi connectivity index (χ0n) is 15.1. The van der Waals surface area contributed by atoms with E-state index in [-0.39, 0.29) is 0 Å². The standard InChI is InChI=1S/C24H21N3/c1-4-10-19(11-5-1)16-22-23(17-20-12-6-2-7-13-20)25-27-26-24(22)18-21-14-8-3-9-15-21/h1-15H,16-18H2. The van der Waals surface area contributed by atoms with Gasteiger partial charge in [-0.2, -0.15) is 0 Å². The minimum atomic E-state index is 0.764. The summed E-state index contributed by atoms with van der Waals surface area (Å²) in [6.45, 7) is 0. The molecule has 0 fully saturated rings. The minimum absolute atomic E-state index is 0.764. The quantitative estimate of drug-likeness (QED) is 0.508. The van der Waals surface area contributed by atoms with E-state index in [1.54, 1.807) is 0 Å². The largest absolute Gasteiger partial charge is 0.135 e. The van der Waals surface area contributed by atoms with Crippen LogP contribution in [0.15, 0.2) is 91.0 Å². The van der Waals surface area contributed by atoms with Crippen LogP contribution < -0.4 is 0 Å². The van der Waals surface area contributed by atoms with Crippen LogP contribution in [0.25, 0.3) is 0 Å². The molecule has 0 aliphatic heterocycles. The summed E-state index contributed by atoms with van der Waals surface area (Å²) >= 11 is 0. The molecule has 3 nitrogen and oxygen atoms in total. The van der Waals surface area contributed by atoms with Crippen molar-refractivity contribution in [3.63, 3.8) is 0 Å². The number of rotatable bonds is 6. The monoisotopic (exact) mass is 351 g/mol. The zero-order valence-corrected chi connectivity index (χ0v) is 15.1. The van der Waals surface area contributed by atoms with E-state index in [0.717, 1.165) is 30.7 Å². The molecule has 0 aliphatic carbocycles. The van der Waals surface area contributed by atoms with Crippen LogP contribution in [0.2, 0.25) is 0 Å². The van der Waals surface area contributed by atoms with Gasteiger partial charge in [0, 0.05) is 24.8 Å². The van der Waals surface area contributed by atoms with Crippen molar-refractivity contribution >= 4 is 0 Å². The first-order valence-corrected chi connectivity index (χ1v) is 9.20. The molecule has 0 saturated carbocycles. The molecule has 0 bridgehead atoms. The predicted molar refractivity (Wildman–Crippen MR) is 108 cm³/mol. The third-order valence-electron chi connectivity index (χ3n) is 4.68. The predicted octanol–water partition coefficient (Wildman–Crippen LogP) is 4.64. The first-order chi connectivity index (χ1) is 13.4. The highest BCUT2D eigenvalue weighted by molar-refractivity contribution is 5.36. The Kier molecular flexibility index (Phi) is 5.30. The van der Waals surface area contributed by atoms with Crippen LogP contribution in [0.5, 0.6) is 0 Å². The Labute approximate surface area is 159 Å². The lowest BCUT2D eigenvalue weighted by molar-refractivity contribution is 0.760. The molecule has 0 aliphatic rings. The molecule has 0 unspecified atom stereocenters. The van der Waals surface area contributed by atoms with E-state index in [4.69, 9.17) is 0 Å². The molecule has 0 spiro atoms. The van der Waals surface area contributed by atoms with Gasteiger partial charge >= 0.3 is 0 Å². The summed E-state index contributed by atoms with van der Waals surface area (Å²) in [5.41, 5.74) is 6.92. The maximum absolute atomic E-state index is 4.41. The Balaban J connectivity index is 1.72. The first kappa shape index (κ1) is 17.1. The van der Waals surface area contributed by atoms with E-state index >= 15 is 0 Å². The summed E-state index contributed by atoms with van der Waals surface area (Å²) in [4.78, 5) is 0. The van der Waals surface area contributed by atoms with E-state index in [9.17, 15) is 0 Å². The number of benzene rings is 3. The molecule has 3 heteroatoms. The van der Waals surface area contributed by atoms with Crippen molar-refractivity contribution in [1.29, 1.82) is 0 Å². The van der Waals surface area contributed by atoms with Crippen molar-refractivity contribution in [2.75, 3.05) is 0 Å². The Bertz CT molecular complexity index is 924. The molecule has 0 saturated heterocycles. The molecular weight excluding hydrogens is 330 g/mol. The van der Waals surface area contributed by atoms with Crippen LogP contribution >= 0.6 is 0 Å². The molecule has 4 aromatic rings. The van der Waals surface area contributed by atoms with Gasteiger partial charge in [-0.15, -0.1) is 10.2 Å². The van der Waals surface area contributed by atoms with Gasteiger partial charge in [0.15, 0.2) is 0 Å². The number of aromatic nitrogens is 3. The topological polar surface area (TPSA) is 38.7 Å². The lowest BCUT2D eigenvalue weighted by Crippen LogP contribution is -2.10. The summed E-state index contributed by atoms with van der Waals surface area (Å²) in [5.74, 6) is 0. The second-order valence-electron chi connectivity index (χ2n) is 6.65. The molecule has 0 N–H and O–H groups in total. The van der Waals surface area contributed by atoms with Gasteiger partial charge in [0.2, 0.25) is 0 Å². The van der Waals surface area contributed by atoms with Crippen LogP contribution in [0.4, 0.5) is 0 Å². The van der Waals surface area contributed by atoms with Crippen molar-refractivity contribution in [1.82, 2.24) is 15.4 Å². The minimum Gasteiger partial charge on any atom is -0.135 e. The highest BCUT2D eigenvalue weighted by Gasteiger charge is 2.14. The van der Waals surface area contributed by atoms with Gasteiger partial charge in [0.05, 0.1) is 11.4 Å². The average Bonchev–Trinajstić information content (AvgIpc) is 2.73. The number of hydrogen-bond donors (Lipinski definition) is 0. The van der Waals surface area contributed by atoms with Crippen molar-refractivity contribution in [2.45, 2.75) is 19.3 Å². The van der Waals surface area contributed by atoms with Crippen LogP contribution in [0.1, 0.15) is 33.6 Å².